The van der Waals surface area contributed by atoms with E-state index in [1.165, 1.54) is 14.0 Å². The second-order valence-corrected chi connectivity index (χ2v) is 6.60. The highest BCUT2D eigenvalue weighted by molar-refractivity contribution is 7.88. The van der Waals surface area contributed by atoms with Gasteiger partial charge in [0.1, 0.15) is 6.04 Å². The molecule has 0 aromatic heterocycles. The Hall–Kier alpha value is -1.44. The zero-order chi connectivity index (χ0) is 15.4. The van der Waals surface area contributed by atoms with Gasteiger partial charge in [0.15, 0.2) is 0 Å². The minimum absolute atomic E-state index is 0.110. The Morgan fingerprint density at radius 1 is 1.26 bits per heavy atom. The van der Waals surface area contributed by atoms with Gasteiger partial charge in [-0.25, -0.2) is 27.5 Å². The van der Waals surface area contributed by atoms with E-state index >= 15 is 0 Å². The molecule has 1 N–H and O–H groups in total. The van der Waals surface area contributed by atoms with E-state index in [4.69, 9.17) is 5.11 Å². The average Bonchev–Trinajstić information content (AvgIpc) is 2.25. The first kappa shape index (κ1) is 17.6. The van der Waals surface area contributed by atoms with Gasteiger partial charge in [0.2, 0.25) is 16.0 Å². The topological polar surface area (TPSA) is 99.4 Å². The second-order valence-electron chi connectivity index (χ2n) is 4.58. The maximum Gasteiger partial charge on any atom is 0.328 e. The molecule has 0 fully saturated rings. The van der Waals surface area contributed by atoms with Gasteiger partial charge in [0.05, 0.1) is 6.26 Å². The zero-order valence-corrected chi connectivity index (χ0v) is 12.9. The molecule has 0 rings (SSSR count). The highest BCUT2D eigenvalue weighted by Gasteiger charge is 2.19. The van der Waals surface area contributed by atoms with Crippen LogP contribution in [0.3, 0.4) is 0 Å². The van der Waals surface area contributed by atoms with Crippen molar-refractivity contribution in [1.82, 2.24) is 4.31 Å². The summed E-state index contributed by atoms with van der Waals surface area (Å²) < 4.78 is 23.9. The van der Waals surface area contributed by atoms with E-state index < -0.39 is 22.0 Å². The number of aliphatic carboxylic acids is 1. The minimum Gasteiger partial charge on any atom is -0.480 e. The smallest absolute Gasteiger partial charge is 0.328 e. The highest BCUT2D eigenvalue weighted by atomic mass is 32.2. The summed E-state index contributed by atoms with van der Waals surface area (Å²) in [5, 5.41) is 8.84. The Bertz CT molecular complexity index is 494. The molecular weight excluding hydrogens is 270 g/mol. The number of hydrogen-bond acceptors (Lipinski definition) is 4. The average molecular weight is 291 g/mol. The zero-order valence-electron chi connectivity index (χ0n) is 12.1. The Morgan fingerprint density at radius 3 is 2.05 bits per heavy atom. The fourth-order valence-electron chi connectivity index (χ4n) is 0.844. The van der Waals surface area contributed by atoms with Crippen LogP contribution in [0.4, 0.5) is 0 Å². The molecule has 0 bridgehead atoms. The molecule has 8 heteroatoms. The fourth-order valence-corrected chi connectivity index (χ4v) is 1.23. The molecule has 0 radical (unpaired) electrons. The van der Waals surface area contributed by atoms with Gasteiger partial charge in [-0.1, -0.05) is 13.8 Å². The molecule has 7 nitrogen and oxygen atoms in total. The van der Waals surface area contributed by atoms with Crippen molar-refractivity contribution in [2.75, 3.05) is 13.3 Å². The Labute approximate surface area is 114 Å². The molecule has 0 aliphatic carbocycles. The first-order chi connectivity index (χ1) is 8.46. The quantitative estimate of drug-likeness (QED) is 0.612. The van der Waals surface area contributed by atoms with Gasteiger partial charge in [-0.15, -0.1) is 0 Å². The molecule has 110 valence electrons. The van der Waals surface area contributed by atoms with Crippen LogP contribution in [-0.4, -0.2) is 54.8 Å². The summed E-state index contributed by atoms with van der Waals surface area (Å²) in [5.41, 5.74) is 0.673. The monoisotopic (exact) mass is 291 g/mol. The van der Waals surface area contributed by atoms with Crippen LogP contribution in [-0.2, 0) is 14.8 Å². The number of carbonyl (C=O) groups is 1. The van der Waals surface area contributed by atoms with E-state index in [2.05, 4.69) is 9.98 Å². The molecule has 0 saturated carbocycles. The summed E-state index contributed by atoms with van der Waals surface area (Å²) in [6.07, 6.45) is 1.01. The van der Waals surface area contributed by atoms with Gasteiger partial charge >= 0.3 is 5.97 Å². The van der Waals surface area contributed by atoms with Gasteiger partial charge in [-0.2, -0.15) is 0 Å². The van der Waals surface area contributed by atoms with Crippen LogP contribution in [0.5, 0.6) is 0 Å². The van der Waals surface area contributed by atoms with Crippen molar-refractivity contribution in [3.05, 3.63) is 0 Å². The summed E-state index contributed by atoms with van der Waals surface area (Å²) in [4.78, 5) is 18.8. The van der Waals surface area contributed by atoms with Crippen LogP contribution in [0.15, 0.2) is 9.98 Å². The summed E-state index contributed by atoms with van der Waals surface area (Å²) in [7, 11) is -2.25. The van der Waals surface area contributed by atoms with E-state index in [0.29, 0.717) is 5.71 Å². The maximum absolute atomic E-state index is 11.5. The van der Waals surface area contributed by atoms with Crippen molar-refractivity contribution < 1.29 is 18.3 Å². The van der Waals surface area contributed by atoms with Crippen LogP contribution in [0.2, 0.25) is 0 Å². The van der Waals surface area contributed by atoms with Crippen LogP contribution < -0.4 is 0 Å². The lowest BCUT2D eigenvalue weighted by molar-refractivity contribution is -0.138. The molecule has 0 aliphatic rings. The third-order valence-electron chi connectivity index (χ3n) is 2.56. The molecule has 0 aliphatic heterocycles. The molecule has 0 spiro atoms. The van der Waals surface area contributed by atoms with Gasteiger partial charge in [-0.05, 0) is 19.8 Å². The van der Waals surface area contributed by atoms with E-state index in [1.807, 2.05) is 13.8 Å². The van der Waals surface area contributed by atoms with Gasteiger partial charge < -0.3 is 5.11 Å². The Balaban J connectivity index is 5.65. The lowest BCUT2D eigenvalue weighted by atomic mass is 10.1. The van der Waals surface area contributed by atoms with E-state index in [0.717, 1.165) is 10.6 Å². The number of guanidine groups is 1. The highest BCUT2D eigenvalue weighted by Crippen LogP contribution is 2.05. The number of sulfonamides is 1. The van der Waals surface area contributed by atoms with E-state index in [9.17, 15) is 13.2 Å². The molecule has 0 amide bonds. The molecule has 1 atom stereocenters. The van der Waals surface area contributed by atoms with E-state index in [1.54, 1.807) is 6.92 Å². The third kappa shape index (κ3) is 5.82. The lowest BCUT2D eigenvalue weighted by Gasteiger charge is -2.17. The van der Waals surface area contributed by atoms with Crippen molar-refractivity contribution in [1.29, 1.82) is 0 Å². The number of aliphatic imine (C=N–C) groups is 2. The fraction of sp³-hybridized carbons (Fsp3) is 0.727. The Morgan fingerprint density at radius 2 is 1.74 bits per heavy atom. The predicted molar refractivity (Wildman–Crippen MR) is 75.1 cm³/mol. The molecule has 0 aromatic carbocycles. The number of nitrogens with zero attached hydrogens (tertiary/aromatic N) is 3. The van der Waals surface area contributed by atoms with Crippen molar-refractivity contribution in [2.24, 2.45) is 15.9 Å². The summed E-state index contributed by atoms with van der Waals surface area (Å²) >= 11 is 0. The molecule has 1 unspecified atom stereocenters. The van der Waals surface area contributed by atoms with Crippen LogP contribution in [0.1, 0.15) is 27.7 Å². The number of rotatable bonds is 4. The normalized spacial score (nSPS) is 15.5. The summed E-state index contributed by atoms with van der Waals surface area (Å²) in [6, 6.07) is -1.07. The summed E-state index contributed by atoms with van der Waals surface area (Å²) in [6.45, 7) is 6.90. The van der Waals surface area contributed by atoms with Crippen LogP contribution >= 0.6 is 0 Å². The van der Waals surface area contributed by atoms with Crippen molar-refractivity contribution in [3.63, 3.8) is 0 Å². The minimum atomic E-state index is -3.54. The van der Waals surface area contributed by atoms with Crippen LogP contribution in [0, 0.1) is 5.92 Å². The molecule has 0 aromatic rings. The van der Waals surface area contributed by atoms with Gasteiger partial charge in [-0.3, -0.25) is 0 Å². The van der Waals surface area contributed by atoms with Crippen LogP contribution in [0.25, 0.3) is 0 Å². The van der Waals surface area contributed by atoms with Crippen molar-refractivity contribution in [3.8, 4) is 0 Å². The number of carboxylic acid groups (broad SMARTS) is 1. The molecule has 0 heterocycles. The molecule has 0 saturated heterocycles. The number of hydrogen-bond donors (Lipinski definition) is 1. The van der Waals surface area contributed by atoms with E-state index in [-0.39, 0.29) is 11.9 Å². The second kappa shape index (κ2) is 6.65. The maximum atomic E-state index is 11.5. The first-order valence-electron chi connectivity index (χ1n) is 5.76. The standard InChI is InChI=1S/C11H21N3O4S/c1-7(2)8(3)12-11(13-9(4)10(15)16)14(5)19(6,17)18/h7,9H,1-6H3,(H,15,16). The van der Waals surface area contributed by atoms with Gasteiger partial charge in [0.25, 0.3) is 0 Å². The Kier molecular flexibility index (Phi) is 6.14. The molecule has 19 heavy (non-hydrogen) atoms. The SMILES string of the molecule is CC(=NC(=NC(C)C(=O)O)N(C)S(C)(=O)=O)C(C)C. The largest absolute Gasteiger partial charge is 0.480 e. The lowest BCUT2D eigenvalue weighted by Crippen LogP contribution is -2.33. The third-order valence-corrected chi connectivity index (χ3v) is 3.72. The van der Waals surface area contributed by atoms with Crippen molar-refractivity contribution in [2.45, 2.75) is 33.7 Å². The molecular formula is C11H21N3O4S. The summed E-state index contributed by atoms with van der Waals surface area (Å²) in [5.74, 6) is -1.15. The predicted octanol–water partition coefficient (Wildman–Crippen LogP) is 0.824. The van der Waals surface area contributed by atoms with Gasteiger partial charge in [0, 0.05) is 12.8 Å². The first-order valence-corrected chi connectivity index (χ1v) is 7.61. The van der Waals surface area contributed by atoms with Crippen molar-refractivity contribution >= 4 is 27.7 Å². The number of carboxylic acids is 1.